The maximum atomic E-state index is 12.3. The highest BCUT2D eigenvalue weighted by Crippen LogP contribution is 2.19. The molecule has 1 aliphatic rings. The van der Waals surface area contributed by atoms with Crippen LogP contribution in [0.15, 0.2) is 54.6 Å². The zero-order chi connectivity index (χ0) is 17.6. The van der Waals surface area contributed by atoms with Crippen LogP contribution in [-0.2, 0) is 4.79 Å². The molecule has 1 heterocycles. The van der Waals surface area contributed by atoms with Crippen molar-refractivity contribution in [3.8, 4) is 0 Å². The SMILES string of the molecule is CC(C)c1cccc(NC(=O)CN2CCN(c3ccccc3)CC2)c1. The van der Waals surface area contributed by atoms with Crippen LogP contribution in [0.3, 0.4) is 0 Å². The van der Waals surface area contributed by atoms with Gasteiger partial charge in [-0.05, 0) is 35.7 Å². The Morgan fingerprint density at radius 2 is 1.72 bits per heavy atom. The van der Waals surface area contributed by atoms with Gasteiger partial charge in [0.1, 0.15) is 0 Å². The van der Waals surface area contributed by atoms with Crippen LogP contribution < -0.4 is 10.2 Å². The molecule has 4 nitrogen and oxygen atoms in total. The Balaban J connectivity index is 1.49. The number of piperazine rings is 1. The van der Waals surface area contributed by atoms with Crippen molar-refractivity contribution < 1.29 is 4.79 Å². The molecule has 1 fully saturated rings. The van der Waals surface area contributed by atoms with Crippen molar-refractivity contribution in [3.63, 3.8) is 0 Å². The lowest BCUT2D eigenvalue weighted by Crippen LogP contribution is -2.48. The summed E-state index contributed by atoms with van der Waals surface area (Å²) in [6.45, 7) is 8.51. The molecule has 2 aromatic carbocycles. The highest BCUT2D eigenvalue weighted by atomic mass is 16.2. The van der Waals surface area contributed by atoms with E-state index in [1.807, 2.05) is 18.2 Å². The first-order valence-corrected chi connectivity index (χ1v) is 9.04. The van der Waals surface area contributed by atoms with E-state index in [9.17, 15) is 4.79 Å². The largest absolute Gasteiger partial charge is 0.369 e. The molecule has 0 radical (unpaired) electrons. The summed E-state index contributed by atoms with van der Waals surface area (Å²) in [7, 11) is 0. The minimum atomic E-state index is 0.0640. The first kappa shape index (κ1) is 17.5. The molecule has 0 spiro atoms. The molecule has 0 aromatic heterocycles. The molecule has 3 rings (SSSR count). The van der Waals surface area contributed by atoms with Gasteiger partial charge < -0.3 is 10.2 Å². The van der Waals surface area contributed by atoms with Crippen LogP contribution in [0.2, 0.25) is 0 Å². The Morgan fingerprint density at radius 1 is 1.00 bits per heavy atom. The fraction of sp³-hybridized carbons (Fsp3) is 0.381. The molecule has 2 aromatic rings. The lowest BCUT2D eigenvalue weighted by atomic mass is 10.0. The predicted octanol–water partition coefficient (Wildman–Crippen LogP) is 3.57. The van der Waals surface area contributed by atoms with Crippen molar-refractivity contribution >= 4 is 17.3 Å². The molecule has 1 aliphatic heterocycles. The van der Waals surface area contributed by atoms with Crippen LogP contribution in [0.1, 0.15) is 25.3 Å². The molecule has 1 amide bonds. The van der Waals surface area contributed by atoms with Gasteiger partial charge in [-0.25, -0.2) is 0 Å². The number of benzene rings is 2. The van der Waals surface area contributed by atoms with Crippen LogP contribution >= 0.6 is 0 Å². The molecule has 1 N–H and O–H groups in total. The van der Waals surface area contributed by atoms with Crippen LogP contribution in [0.4, 0.5) is 11.4 Å². The Labute approximate surface area is 150 Å². The monoisotopic (exact) mass is 337 g/mol. The summed E-state index contributed by atoms with van der Waals surface area (Å²) in [5.74, 6) is 0.525. The van der Waals surface area contributed by atoms with E-state index >= 15 is 0 Å². The minimum absolute atomic E-state index is 0.0640. The first-order valence-electron chi connectivity index (χ1n) is 9.04. The van der Waals surface area contributed by atoms with Gasteiger partial charge in [0.2, 0.25) is 5.91 Å². The van der Waals surface area contributed by atoms with E-state index in [1.54, 1.807) is 0 Å². The number of para-hydroxylation sites is 1. The van der Waals surface area contributed by atoms with Gasteiger partial charge in [-0.15, -0.1) is 0 Å². The molecular weight excluding hydrogens is 310 g/mol. The van der Waals surface area contributed by atoms with Gasteiger partial charge in [-0.1, -0.05) is 44.2 Å². The number of carbonyl (C=O) groups is 1. The van der Waals surface area contributed by atoms with Crippen LogP contribution in [0, 0.1) is 0 Å². The van der Waals surface area contributed by atoms with Crippen molar-refractivity contribution in [2.45, 2.75) is 19.8 Å². The lowest BCUT2D eigenvalue weighted by Gasteiger charge is -2.35. The lowest BCUT2D eigenvalue weighted by molar-refractivity contribution is -0.117. The highest BCUT2D eigenvalue weighted by molar-refractivity contribution is 5.92. The Morgan fingerprint density at radius 3 is 2.40 bits per heavy atom. The van der Waals surface area contributed by atoms with Crippen molar-refractivity contribution in [1.82, 2.24) is 4.90 Å². The smallest absolute Gasteiger partial charge is 0.238 e. The number of carbonyl (C=O) groups excluding carboxylic acids is 1. The van der Waals surface area contributed by atoms with Gasteiger partial charge in [0.05, 0.1) is 6.54 Å². The van der Waals surface area contributed by atoms with Crippen LogP contribution in [0.25, 0.3) is 0 Å². The number of hydrogen-bond donors (Lipinski definition) is 1. The van der Waals surface area contributed by atoms with Crippen molar-refractivity contribution in [2.75, 3.05) is 42.9 Å². The number of rotatable bonds is 5. The zero-order valence-corrected chi connectivity index (χ0v) is 15.1. The normalized spacial score (nSPS) is 15.4. The summed E-state index contributed by atoms with van der Waals surface area (Å²) in [5, 5.41) is 3.03. The molecule has 1 saturated heterocycles. The average Bonchev–Trinajstić information content (AvgIpc) is 2.63. The maximum Gasteiger partial charge on any atom is 0.238 e. The molecular formula is C21H27N3O. The first-order chi connectivity index (χ1) is 12.1. The molecule has 4 heteroatoms. The van der Waals surface area contributed by atoms with E-state index in [4.69, 9.17) is 0 Å². The second-order valence-corrected chi connectivity index (χ2v) is 6.93. The molecule has 25 heavy (non-hydrogen) atoms. The summed E-state index contributed by atoms with van der Waals surface area (Å²) in [4.78, 5) is 16.9. The number of hydrogen-bond acceptors (Lipinski definition) is 3. The van der Waals surface area contributed by atoms with Gasteiger partial charge in [0.25, 0.3) is 0 Å². The third-order valence-electron chi connectivity index (χ3n) is 4.70. The van der Waals surface area contributed by atoms with E-state index in [1.165, 1.54) is 11.3 Å². The van der Waals surface area contributed by atoms with Crippen molar-refractivity contribution in [1.29, 1.82) is 0 Å². The number of anilines is 2. The van der Waals surface area contributed by atoms with E-state index in [0.29, 0.717) is 12.5 Å². The number of nitrogens with one attached hydrogen (secondary N) is 1. The standard InChI is InChI=1S/C21H27N3O/c1-17(2)18-7-6-8-19(15-18)22-21(25)16-23-11-13-24(14-12-23)20-9-4-3-5-10-20/h3-10,15,17H,11-14,16H2,1-2H3,(H,22,25). The Kier molecular flexibility index (Phi) is 5.71. The summed E-state index contributed by atoms with van der Waals surface area (Å²) in [6, 6.07) is 18.6. The van der Waals surface area contributed by atoms with E-state index in [-0.39, 0.29) is 5.91 Å². The van der Waals surface area contributed by atoms with Gasteiger partial charge in [-0.2, -0.15) is 0 Å². The molecule has 0 unspecified atom stereocenters. The van der Waals surface area contributed by atoms with Crippen LogP contribution in [-0.4, -0.2) is 43.5 Å². The van der Waals surface area contributed by atoms with Gasteiger partial charge in [-0.3, -0.25) is 9.69 Å². The Bertz CT molecular complexity index is 691. The van der Waals surface area contributed by atoms with Crippen LogP contribution in [0.5, 0.6) is 0 Å². The summed E-state index contributed by atoms with van der Waals surface area (Å²) in [5.41, 5.74) is 3.39. The molecule has 0 atom stereocenters. The van der Waals surface area contributed by atoms with Crippen molar-refractivity contribution in [2.24, 2.45) is 0 Å². The minimum Gasteiger partial charge on any atom is -0.369 e. The molecule has 0 aliphatic carbocycles. The molecule has 0 bridgehead atoms. The summed E-state index contributed by atoms with van der Waals surface area (Å²) in [6.07, 6.45) is 0. The highest BCUT2D eigenvalue weighted by Gasteiger charge is 2.19. The second kappa shape index (κ2) is 8.17. The van der Waals surface area contributed by atoms with E-state index in [2.05, 4.69) is 65.4 Å². The third-order valence-corrected chi connectivity index (χ3v) is 4.70. The number of amides is 1. The second-order valence-electron chi connectivity index (χ2n) is 6.93. The third kappa shape index (κ3) is 4.83. The fourth-order valence-corrected chi connectivity index (χ4v) is 3.18. The fourth-order valence-electron chi connectivity index (χ4n) is 3.18. The van der Waals surface area contributed by atoms with Gasteiger partial charge in [0, 0.05) is 37.6 Å². The summed E-state index contributed by atoms with van der Waals surface area (Å²) >= 11 is 0. The van der Waals surface area contributed by atoms with Gasteiger partial charge in [0.15, 0.2) is 0 Å². The van der Waals surface area contributed by atoms with E-state index < -0.39 is 0 Å². The van der Waals surface area contributed by atoms with Gasteiger partial charge >= 0.3 is 0 Å². The van der Waals surface area contributed by atoms with Crippen molar-refractivity contribution in [3.05, 3.63) is 60.2 Å². The Hall–Kier alpha value is -2.33. The predicted molar refractivity (Wildman–Crippen MR) is 104 cm³/mol. The van der Waals surface area contributed by atoms with E-state index in [0.717, 1.165) is 31.9 Å². The average molecular weight is 337 g/mol. The quantitative estimate of drug-likeness (QED) is 0.906. The zero-order valence-electron chi connectivity index (χ0n) is 15.1. The topological polar surface area (TPSA) is 35.6 Å². The summed E-state index contributed by atoms with van der Waals surface area (Å²) < 4.78 is 0. The maximum absolute atomic E-state index is 12.3. The molecule has 132 valence electrons. The molecule has 0 saturated carbocycles. The number of nitrogens with zero attached hydrogens (tertiary/aromatic N) is 2.